The zero-order valence-corrected chi connectivity index (χ0v) is 13.2. The number of hydrogen-bond acceptors (Lipinski definition) is 0. The Labute approximate surface area is 137 Å². The minimum atomic E-state index is 0. The molecule has 0 radical (unpaired) electrons. The molecule has 22 heavy (non-hydrogen) atoms. The number of imidazole rings is 1. The molecule has 0 amide bonds. The summed E-state index contributed by atoms with van der Waals surface area (Å²) in [6.07, 6.45) is 6.16. The molecule has 0 saturated carbocycles. The van der Waals surface area contributed by atoms with Crippen LogP contribution in [0.5, 0.6) is 0 Å². The molecule has 3 aromatic rings. The predicted octanol–water partition coefficient (Wildman–Crippen LogP) is 0.519. The Bertz CT molecular complexity index is 659. The first kappa shape index (κ1) is 16.1. The van der Waals surface area contributed by atoms with Gasteiger partial charge in [-0.2, -0.15) is 0 Å². The summed E-state index contributed by atoms with van der Waals surface area (Å²) in [5.41, 5.74) is 2.59. The van der Waals surface area contributed by atoms with Crippen molar-refractivity contribution in [1.29, 1.82) is 0 Å². The van der Waals surface area contributed by atoms with Gasteiger partial charge in [0.25, 0.3) is 5.82 Å². The van der Waals surface area contributed by atoms with Gasteiger partial charge in [0.2, 0.25) is 0 Å². The van der Waals surface area contributed by atoms with Gasteiger partial charge in [-0.15, -0.1) is 0 Å². The molecule has 2 aromatic carbocycles. The molecule has 0 N–H and O–H groups in total. The third-order valence-corrected chi connectivity index (χ3v) is 3.59. The lowest BCUT2D eigenvalue weighted by molar-refractivity contribution is -0.689. The fourth-order valence-electron chi connectivity index (χ4n) is 2.54. The lowest BCUT2D eigenvalue weighted by atomic mass is 10.2. The van der Waals surface area contributed by atoms with E-state index >= 15 is 0 Å². The Morgan fingerprint density at radius 1 is 0.909 bits per heavy atom. The van der Waals surface area contributed by atoms with E-state index in [9.17, 15) is 0 Å². The molecular weight excluding hydrogens is 292 g/mol. The highest BCUT2D eigenvalue weighted by molar-refractivity contribution is 5.34. The Hall–Kier alpha value is -2.32. The van der Waals surface area contributed by atoms with Crippen LogP contribution in [0.1, 0.15) is 17.0 Å². The van der Waals surface area contributed by atoms with E-state index in [0.29, 0.717) is 0 Å². The third kappa shape index (κ3) is 3.66. The normalized spacial score (nSPS) is 10.0. The maximum absolute atomic E-state index is 3.97. The summed E-state index contributed by atoms with van der Waals surface area (Å²) in [6.45, 7) is 5.70. The van der Waals surface area contributed by atoms with Gasteiger partial charge in [0, 0.05) is 6.08 Å². The maximum Gasteiger partial charge on any atom is 0.281 e. The smallest absolute Gasteiger partial charge is 0.281 e. The highest BCUT2D eigenvalue weighted by Crippen LogP contribution is 2.07. The van der Waals surface area contributed by atoms with Gasteiger partial charge in [-0.05, 0) is 11.1 Å². The Kier molecular flexibility index (Phi) is 5.56. The maximum atomic E-state index is 3.97. The molecule has 0 fully saturated rings. The quantitative estimate of drug-likeness (QED) is 0.608. The van der Waals surface area contributed by atoms with E-state index < -0.39 is 0 Å². The molecule has 0 aliphatic heterocycles. The zero-order valence-electron chi connectivity index (χ0n) is 12.4. The van der Waals surface area contributed by atoms with E-state index in [1.807, 2.05) is 18.2 Å². The zero-order chi connectivity index (χ0) is 14.5. The second-order valence-electron chi connectivity index (χ2n) is 5.09. The standard InChI is InChI=1S/C19H19N2.ClH/c1-2-19-20(15-17-9-5-3-6-10-17)13-14-21(19)16-18-11-7-4-8-12-18;/h2-14H,1,15-16H2;1H/q+1;/p-1. The molecule has 0 saturated heterocycles. The Morgan fingerprint density at radius 3 is 2.09 bits per heavy atom. The van der Waals surface area contributed by atoms with Crippen LogP contribution >= 0.6 is 0 Å². The van der Waals surface area contributed by atoms with Crippen LogP contribution in [-0.4, -0.2) is 4.57 Å². The van der Waals surface area contributed by atoms with Crippen LogP contribution in [0.2, 0.25) is 0 Å². The molecule has 1 heterocycles. The van der Waals surface area contributed by atoms with Crippen LogP contribution in [0.15, 0.2) is 79.6 Å². The third-order valence-electron chi connectivity index (χ3n) is 3.59. The van der Waals surface area contributed by atoms with Crippen molar-refractivity contribution in [3.8, 4) is 0 Å². The van der Waals surface area contributed by atoms with Crippen molar-refractivity contribution in [2.45, 2.75) is 13.1 Å². The average molecular weight is 311 g/mol. The summed E-state index contributed by atoms with van der Waals surface area (Å²) in [5.74, 6) is 1.13. The SMILES string of the molecule is C=Cc1n(Cc2ccccc2)cc[n+]1Cc1ccccc1.[Cl-]. The van der Waals surface area contributed by atoms with E-state index in [-0.39, 0.29) is 12.4 Å². The van der Waals surface area contributed by atoms with E-state index in [0.717, 1.165) is 18.9 Å². The molecule has 3 rings (SSSR count). The van der Waals surface area contributed by atoms with Crippen LogP contribution in [0.25, 0.3) is 6.08 Å². The topological polar surface area (TPSA) is 8.81 Å². The molecule has 0 bridgehead atoms. The van der Waals surface area contributed by atoms with Crippen LogP contribution in [0.3, 0.4) is 0 Å². The predicted molar refractivity (Wildman–Crippen MR) is 85.8 cm³/mol. The first-order valence-electron chi connectivity index (χ1n) is 7.15. The minimum Gasteiger partial charge on any atom is -1.00 e. The molecule has 0 unspecified atom stereocenters. The Balaban J connectivity index is 0.00000176. The van der Waals surface area contributed by atoms with E-state index in [4.69, 9.17) is 0 Å². The van der Waals surface area contributed by atoms with Crippen molar-refractivity contribution in [3.05, 3.63) is 96.6 Å². The number of hydrogen-bond donors (Lipinski definition) is 0. The molecule has 0 aliphatic rings. The van der Waals surface area contributed by atoms with Gasteiger partial charge in [-0.1, -0.05) is 67.2 Å². The summed E-state index contributed by atoms with van der Waals surface area (Å²) in [4.78, 5) is 0. The van der Waals surface area contributed by atoms with Crippen molar-refractivity contribution in [2.75, 3.05) is 0 Å². The number of rotatable bonds is 5. The van der Waals surface area contributed by atoms with Crippen molar-refractivity contribution >= 4 is 6.08 Å². The summed E-state index contributed by atoms with van der Waals surface area (Å²) >= 11 is 0. The molecule has 0 atom stereocenters. The van der Waals surface area contributed by atoms with Gasteiger partial charge in [0.15, 0.2) is 0 Å². The van der Waals surface area contributed by atoms with Gasteiger partial charge in [-0.25, -0.2) is 9.13 Å². The van der Waals surface area contributed by atoms with Gasteiger partial charge in [-0.3, -0.25) is 0 Å². The molecule has 0 aliphatic carbocycles. The van der Waals surface area contributed by atoms with Gasteiger partial charge >= 0.3 is 0 Å². The van der Waals surface area contributed by atoms with E-state index in [2.05, 4.69) is 76.6 Å². The highest BCUT2D eigenvalue weighted by Gasteiger charge is 2.14. The second-order valence-corrected chi connectivity index (χ2v) is 5.09. The first-order chi connectivity index (χ1) is 10.4. The summed E-state index contributed by atoms with van der Waals surface area (Å²) in [7, 11) is 0. The second kappa shape index (κ2) is 7.62. The van der Waals surface area contributed by atoms with Crippen LogP contribution in [0.4, 0.5) is 0 Å². The van der Waals surface area contributed by atoms with Crippen LogP contribution in [-0.2, 0) is 13.1 Å². The molecule has 3 heteroatoms. The number of benzene rings is 2. The molecule has 2 nitrogen and oxygen atoms in total. The number of halogens is 1. The van der Waals surface area contributed by atoms with Crippen LogP contribution < -0.4 is 17.0 Å². The first-order valence-corrected chi connectivity index (χ1v) is 7.15. The van der Waals surface area contributed by atoms with Crippen molar-refractivity contribution in [3.63, 3.8) is 0 Å². The molecule has 1 aromatic heterocycles. The largest absolute Gasteiger partial charge is 1.00 e. The Morgan fingerprint density at radius 2 is 1.50 bits per heavy atom. The van der Waals surface area contributed by atoms with E-state index in [1.54, 1.807) is 0 Å². The highest BCUT2D eigenvalue weighted by atomic mass is 35.5. The summed E-state index contributed by atoms with van der Waals surface area (Å²) < 4.78 is 4.45. The lowest BCUT2D eigenvalue weighted by Crippen LogP contribution is -3.00. The monoisotopic (exact) mass is 310 g/mol. The number of aromatic nitrogens is 2. The van der Waals surface area contributed by atoms with Crippen molar-refractivity contribution in [1.82, 2.24) is 4.57 Å². The number of nitrogens with zero attached hydrogens (tertiary/aromatic N) is 2. The minimum absolute atomic E-state index is 0. The van der Waals surface area contributed by atoms with E-state index in [1.165, 1.54) is 11.1 Å². The molecular formula is C19H19ClN2. The summed E-state index contributed by atoms with van der Waals surface area (Å²) in [5, 5.41) is 0. The molecule has 112 valence electrons. The average Bonchev–Trinajstić information content (AvgIpc) is 2.91. The van der Waals surface area contributed by atoms with Gasteiger partial charge in [0.1, 0.15) is 25.5 Å². The fourth-order valence-corrected chi connectivity index (χ4v) is 2.54. The van der Waals surface area contributed by atoms with Gasteiger partial charge in [0.05, 0.1) is 0 Å². The fraction of sp³-hybridized carbons (Fsp3) is 0.105. The summed E-state index contributed by atoms with van der Waals surface area (Å²) in [6, 6.07) is 21.0. The van der Waals surface area contributed by atoms with Crippen LogP contribution in [0, 0.1) is 0 Å². The van der Waals surface area contributed by atoms with Crippen molar-refractivity contribution in [2.24, 2.45) is 0 Å². The van der Waals surface area contributed by atoms with Crippen molar-refractivity contribution < 1.29 is 17.0 Å². The van der Waals surface area contributed by atoms with Gasteiger partial charge < -0.3 is 12.4 Å². The lowest BCUT2D eigenvalue weighted by Gasteiger charge is -2.02. The molecule has 0 spiro atoms.